The van der Waals surface area contributed by atoms with Gasteiger partial charge in [0.1, 0.15) is 0 Å². The molecule has 1 aromatic carbocycles. The summed E-state index contributed by atoms with van der Waals surface area (Å²) >= 11 is 0. The van der Waals surface area contributed by atoms with Gasteiger partial charge in [0.05, 0.1) is 0 Å². The van der Waals surface area contributed by atoms with E-state index in [2.05, 4.69) is 54.4 Å². The molecule has 1 aliphatic heterocycles. The molecule has 23 heavy (non-hydrogen) atoms. The van der Waals surface area contributed by atoms with Gasteiger partial charge in [-0.3, -0.25) is 0 Å². The molecule has 1 saturated heterocycles. The van der Waals surface area contributed by atoms with Crippen molar-refractivity contribution in [1.82, 2.24) is 10.2 Å². The van der Waals surface area contributed by atoms with Crippen molar-refractivity contribution in [2.75, 3.05) is 19.6 Å². The van der Waals surface area contributed by atoms with Gasteiger partial charge < -0.3 is 10.2 Å². The molecule has 0 radical (unpaired) electrons. The molecule has 2 fully saturated rings. The Bertz CT molecular complexity index is 450. The van der Waals surface area contributed by atoms with E-state index in [4.69, 9.17) is 0 Å². The second-order valence-electron chi connectivity index (χ2n) is 7.89. The van der Waals surface area contributed by atoms with E-state index in [1.807, 2.05) is 0 Å². The van der Waals surface area contributed by atoms with Gasteiger partial charge in [-0.25, -0.2) is 0 Å². The lowest BCUT2D eigenvalue weighted by Gasteiger charge is -2.40. The third kappa shape index (κ3) is 4.81. The summed E-state index contributed by atoms with van der Waals surface area (Å²) in [5.41, 5.74) is 1.47. The first-order chi connectivity index (χ1) is 11.2. The topological polar surface area (TPSA) is 15.3 Å². The minimum atomic E-state index is 0.751. The molecule has 2 aliphatic rings. The van der Waals surface area contributed by atoms with Crippen LogP contribution in [0.1, 0.15) is 51.5 Å². The van der Waals surface area contributed by atoms with Crippen LogP contribution >= 0.6 is 0 Å². The number of rotatable bonds is 5. The Morgan fingerprint density at radius 2 is 1.74 bits per heavy atom. The number of benzene rings is 1. The van der Waals surface area contributed by atoms with E-state index in [0.29, 0.717) is 0 Å². The number of hydrogen-bond acceptors (Lipinski definition) is 2. The lowest BCUT2D eigenvalue weighted by molar-refractivity contribution is 0.152. The molecule has 0 amide bonds. The molecule has 3 atom stereocenters. The van der Waals surface area contributed by atoms with Crippen molar-refractivity contribution in [3.8, 4) is 0 Å². The van der Waals surface area contributed by atoms with Crippen LogP contribution in [0.5, 0.6) is 0 Å². The van der Waals surface area contributed by atoms with Gasteiger partial charge in [-0.2, -0.15) is 0 Å². The summed E-state index contributed by atoms with van der Waals surface area (Å²) in [5.74, 6) is 1.74. The van der Waals surface area contributed by atoms with Gasteiger partial charge in [-0.15, -0.1) is 0 Å². The predicted octanol–water partition coefficient (Wildman–Crippen LogP) is 4.11. The number of likely N-dealkylation sites (tertiary alicyclic amines) is 1. The third-order valence-electron chi connectivity index (χ3n) is 6.30. The molecule has 1 saturated carbocycles. The van der Waals surface area contributed by atoms with E-state index in [-0.39, 0.29) is 0 Å². The minimum absolute atomic E-state index is 0.751. The summed E-state index contributed by atoms with van der Waals surface area (Å²) in [7, 11) is 0. The Labute approximate surface area is 142 Å². The largest absolute Gasteiger partial charge is 0.311 e. The van der Waals surface area contributed by atoms with Crippen molar-refractivity contribution < 1.29 is 0 Å². The second kappa shape index (κ2) is 8.30. The first-order valence-corrected chi connectivity index (χ1v) is 9.74. The van der Waals surface area contributed by atoms with E-state index in [1.54, 1.807) is 0 Å². The molecule has 0 spiro atoms. The van der Waals surface area contributed by atoms with Crippen molar-refractivity contribution in [2.45, 2.75) is 64.5 Å². The zero-order chi connectivity index (χ0) is 16.1. The fourth-order valence-electron chi connectivity index (χ4n) is 4.38. The van der Waals surface area contributed by atoms with Gasteiger partial charge in [0, 0.05) is 18.6 Å². The van der Waals surface area contributed by atoms with Crippen molar-refractivity contribution in [1.29, 1.82) is 0 Å². The molecule has 0 aromatic heterocycles. The lowest BCUT2D eigenvalue weighted by atomic mass is 9.77. The van der Waals surface area contributed by atoms with E-state index < -0.39 is 0 Å². The van der Waals surface area contributed by atoms with Crippen molar-refractivity contribution in [3.63, 3.8) is 0 Å². The van der Waals surface area contributed by atoms with Crippen LogP contribution in [0.3, 0.4) is 0 Å². The van der Waals surface area contributed by atoms with Gasteiger partial charge in [-0.1, -0.05) is 57.0 Å². The highest BCUT2D eigenvalue weighted by Crippen LogP contribution is 2.30. The Balaban J connectivity index is 1.38. The smallest absolute Gasteiger partial charge is 0.00978 e. The second-order valence-corrected chi connectivity index (χ2v) is 7.89. The summed E-state index contributed by atoms with van der Waals surface area (Å²) in [6, 6.07) is 12.4. The third-order valence-corrected chi connectivity index (χ3v) is 6.30. The predicted molar refractivity (Wildman–Crippen MR) is 98.7 cm³/mol. The Kier molecular flexibility index (Phi) is 6.13. The van der Waals surface area contributed by atoms with Crippen LogP contribution in [-0.4, -0.2) is 36.6 Å². The Morgan fingerprint density at radius 1 is 1.00 bits per heavy atom. The average Bonchev–Trinajstić information content (AvgIpc) is 2.59. The zero-order valence-electron chi connectivity index (χ0n) is 15.0. The standard InChI is InChI=1S/C21H34N2/c1-17-7-6-10-21(18(17)2)22-20-12-15-23(16-13-20)14-11-19-8-4-3-5-9-19/h3-5,8-9,17-18,20-22H,6-7,10-16H2,1-2H3. The highest BCUT2D eigenvalue weighted by molar-refractivity contribution is 5.14. The molecular weight excluding hydrogens is 280 g/mol. The zero-order valence-corrected chi connectivity index (χ0v) is 15.0. The molecule has 3 rings (SSSR count). The first-order valence-electron chi connectivity index (χ1n) is 9.74. The van der Waals surface area contributed by atoms with Gasteiger partial charge in [0.15, 0.2) is 0 Å². The van der Waals surface area contributed by atoms with E-state index >= 15 is 0 Å². The maximum atomic E-state index is 4.01. The number of hydrogen-bond donors (Lipinski definition) is 1. The van der Waals surface area contributed by atoms with Gasteiger partial charge in [0.2, 0.25) is 0 Å². The fourth-order valence-corrected chi connectivity index (χ4v) is 4.38. The molecule has 128 valence electrons. The summed E-state index contributed by atoms with van der Waals surface area (Å²) in [5, 5.41) is 4.01. The Morgan fingerprint density at radius 3 is 2.48 bits per heavy atom. The lowest BCUT2D eigenvalue weighted by Crippen LogP contribution is -2.50. The quantitative estimate of drug-likeness (QED) is 0.880. The molecule has 1 N–H and O–H groups in total. The number of nitrogens with one attached hydrogen (secondary N) is 1. The average molecular weight is 315 g/mol. The molecule has 1 aliphatic carbocycles. The van der Waals surface area contributed by atoms with Crippen molar-refractivity contribution in [2.24, 2.45) is 11.8 Å². The summed E-state index contributed by atoms with van der Waals surface area (Å²) in [6.45, 7) is 8.64. The van der Waals surface area contributed by atoms with Crippen LogP contribution < -0.4 is 5.32 Å². The monoisotopic (exact) mass is 314 g/mol. The Hall–Kier alpha value is -0.860. The molecular formula is C21H34N2. The highest BCUT2D eigenvalue weighted by atomic mass is 15.1. The maximum absolute atomic E-state index is 4.01. The summed E-state index contributed by atoms with van der Waals surface area (Å²) in [6.07, 6.45) is 8.07. The van der Waals surface area contributed by atoms with Crippen LogP contribution in [0, 0.1) is 11.8 Å². The maximum Gasteiger partial charge on any atom is 0.00978 e. The normalized spacial score (nSPS) is 30.4. The minimum Gasteiger partial charge on any atom is -0.311 e. The number of piperidine rings is 1. The van der Waals surface area contributed by atoms with Crippen LogP contribution in [0.15, 0.2) is 30.3 Å². The highest BCUT2D eigenvalue weighted by Gasteiger charge is 2.29. The molecule has 1 heterocycles. The summed E-state index contributed by atoms with van der Waals surface area (Å²) < 4.78 is 0. The van der Waals surface area contributed by atoms with Crippen LogP contribution in [-0.2, 0) is 6.42 Å². The van der Waals surface area contributed by atoms with Gasteiger partial charge in [-0.05, 0) is 56.2 Å². The van der Waals surface area contributed by atoms with Crippen LogP contribution in [0.4, 0.5) is 0 Å². The van der Waals surface area contributed by atoms with Crippen LogP contribution in [0.2, 0.25) is 0 Å². The van der Waals surface area contributed by atoms with Crippen LogP contribution in [0.25, 0.3) is 0 Å². The molecule has 1 aromatic rings. The molecule has 2 heteroatoms. The van der Waals surface area contributed by atoms with E-state index in [0.717, 1.165) is 23.9 Å². The SMILES string of the molecule is CC1CCCC(NC2CCN(CCc3ccccc3)CC2)C1C. The van der Waals surface area contributed by atoms with E-state index in [1.165, 1.54) is 63.7 Å². The van der Waals surface area contributed by atoms with Crippen molar-refractivity contribution in [3.05, 3.63) is 35.9 Å². The van der Waals surface area contributed by atoms with E-state index in [9.17, 15) is 0 Å². The molecule has 2 nitrogen and oxygen atoms in total. The van der Waals surface area contributed by atoms with Gasteiger partial charge in [0.25, 0.3) is 0 Å². The first kappa shape index (κ1) is 17.0. The van der Waals surface area contributed by atoms with Crippen molar-refractivity contribution >= 4 is 0 Å². The fraction of sp³-hybridized carbons (Fsp3) is 0.714. The molecule has 3 unspecified atom stereocenters. The number of nitrogens with zero attached hydrogens (tertiary/aromatic N) is 1. The molecule has 0 bridgehead atoms. The summed E-state index contributed by atoms with van der Waals surface area (Å²) in [4.78, 5) is 2.65. The van der Waals surface area contributed by atoms with Gasteiger partial charge >= 0.3 is 0 Å².